The van der Waals surface area contributed by atoms with Gasteiger partial charge in [-0.1, -0.05) is 59.9 Å². The molecule has 4 rings (SSSR count). The Hall–Kier alpha value is -3.45. The number of hydrogen-bond donors (Lipinski definition) is 2. The van der Waals surface area contributed by atoms with Crippen molar-refractivity contribution in [3.8, 4) is 11.3 Å². The molecule has 2 aromatic heterocycles. The second-order valence-corrected chi connectivity index (χ2v) is 7.01. The molecule has 0 bridgehead atoms. The highest BCUT2D eigenvalue weighted by Crippen LogP contribution is 2.32. The van der Waals surface area contributed by atoms with Crippen molar-refractivity contribution < 1.29 is 14.3 Å². The zero-order valence-corrected chi connectivity index (χ0v) is 15.9. The van der Waals surface area contributed by atoms with Crippen LogP contribution in [0.4, 0.5) is 5.13 Å². The Kier molecular flexibility index (Phi) is 4.90. The van der Waals surface area contributed by atoms with Crippen LogP contribution < -0.4 is 5.32 Å². The topological polar surface area (TPSA) is 84.1 Å². The molecule has 4 aromatic rings. The standard InChI is InChI=1S/C21H17N3O3S/c1-2-27-20(26)18-17(13-8-4-3-5-9-13)23-21(28-18)24-19(25)16-12-14-10-6-7-11-15(14)22-16/h3-12,22H,2H2,1H3,(H,23,24,25). The van der Waals surface area contributed by atoms with E-state index in [0.717, 1.165) is 27.8 Å². The molecular weight excluding hydrogens is 374 g/mol. The normalized spacial score (nSPS) is 10.8. The summed E-state index contributed by atoms with van der Waals surface area (Å²) in [5.74, 6) is -0.773. The third-order valence-electron chi connectivity index (χ3n) is 4.13. The highest BCUT2D eigenvalue weighted by molar-refractivity contribution is 7.18. The molecule has 0 unspecified atom stereocenters. The minimum atomic E-state index is -0.454. The number of ether oxygens (including phenoxy) is 1. The Morgan fingerprint density at radius 1 is 1.11 bits per heavy atom. The van der Waals surface area contributed by atoms with Crippen molar-refractivity contribution in [1.29, 1.82) is 0 Å². The van der Waals surface area contributed by atoms with Gasteiger partial charge in [-0.25, -0.2) is 9.78 Å². The number of fused-ring (bicyclic) bond motifs is 1. The lowest BCUT2D eigenvalue weighted by Crippen LogP contribution is -2.11. The minimum Gasteiger partial charge on any atom is -0.462 e. The Labute approximate surface area is 165 Å². The molecule has 0 saturated heterocycles. The summed E-state index contributed by atoms with van der Waals surface area (Å²) in [4.78, 5) is 32.9. The SMILES string of the molecule is CCOC(=O)c1sc(NC(=O)c2cc3ccccc3[nH]2)nc1-c1ccccc1. The van der Waals surface area contributed by atoms with Gasteiger partial charge in [0.2, 0.25) is 0 Å². The van der Waals surface area contributed by atoms with Gasteiger partial charge in [0, 0.05) is 16.5 Å². The van der Waals surface area contributed by atoms with Crippen LogP contribution in [0.5, 0.6) is 0 Å². The highest BCUT2D eigenvalue weighted by Gasteiger charge is 2.22. The van der Waals surface area contributed by atoms with Gasteiger partial charge < -0.3 is 9.72 Å². The molecular formula is C21H17N3O3S. The molecule has 7 heteroatoms. The maximum atomic E-state index is 12.6. The summed E-state index contributed by atoms with van der Waals surface area (Å²) in [6, 6.07) is 18.8. The molecule has 0 radical (unpaired) electrons. The molecule has 1 amide bonds. The number of anilines is 1. The number of amides is 1. The van der Waals surface area contributed by atoms with Crippen LogP contribution in [0.1, 0.15) is 27.1 Å². The average molecular weight is 391 g/mol. The van der Waals surface area contributed by atoms with Crippen molar-refractivity contribution in [3.05, 3.63) is 71.2 Å². The second kappa shape index (κ2) is 7.66. The fourth-order valence-corrected chi connectivity index (χ4v) is 3.74. The third kappa shape index (κ3) is 3.52. The second-order valence-electron chi connectivity index (χ2n) is 6.01. The Balaban J connectivity index is 1.65. The summed E-state index contributed by atoms with van der Waals surface area (Å²) in [6.45, 7) is 2.02. The van der Waals surface area contributed by atoms with Crippen LogP contribution in [0.25, 0.3) is 22.2 Å². The Morgan fingerprint density at radius 3 is 2.61 bits per heavy atom. The first kappa shape index (κ1) is 17.9. The molecule has 0 fully saturated rings. The van der Waals surface area contributed by atoms with E-state index < -0.39 is 5.97 Å². The van der Waals surface area contributed by atoms with Gasteiger partial charge in [-0.05, 0) is 19.1 Å². The molecule has 0 spiro atoms. The van der Waals surface area contributed by atoms with E-state index in [1.165, 1.54) is 0 Å². The van der Waals surface area contributed by atoms with Gasteiger partial charge in [0.25, 0.3) is 5.91 Å². The van der Waals surface area contributed by atoms with Crippen LogP contribution in [0.2, 0.25) is 0 Å². The molecule has 0 aliphatic rings. The molecule has 0 aliphatic carbocycles. The van der Waals surface area contributed by atoms with Gasteiger partial charge in [0.1, 0.15) is 10.6 Å². The molecule has 0 aliphatic heterocycles. The van der Waals surface area contributed by atoms with Crippen LogP contribution in [0, 0.1) is 0 Å². The van der Waals surface area contributed by atoms with Crippen molar-refractivity contribution in [2.45, 2.75) is 6.92 Å². The smallest absolute Gasteiger partial charge is 0.350 e. The summed E-state index contributed by atoms with van der Waals surface area (Å²) in [5, 5.41) is 4.06. The van der Waals surface area contributed by atoms with Crippen LogP contribution in [0.15, 0.2) is 60.7 Å². The van der Waals surface area contributed by atoms with Gasteiger partial charge in [-0.2, -0.15) is 0 Å². The number of benzene rings is 2. The maximum Gasteiger partial charge on any atom is 0.350 e. The molecule has 6 nitrogen and oxygen atoms in total. The zero-order chi connectivity index (χ0) is 19.5. The number of carbonyl (C=O) groups is 2. The van der Waals surface area contributed by atoms with E-state index in [-0.39, 0.29) is 12.5 Å². The van der Waals surface area contributed by atoms with E-state index in [1.807, 2.05) is 54.6 Å². The van der Waals surface area contributed by atoms with Crippen LogP contribution >= 0.6 is 11.3 Å². The van der Waals surface area contributed by atoms with Gasteiger partial charge in [0.15, 0.2) is 5.13 Å². The molecule has 2 aromatic carbocycles. The van der Waals surface area contributed by atoms with Gasteiger partial charge in [-0.15, -0.1) is 0 Å². The number of aromatic nitrogens is 2. The fraction of sp³-hybridized carbons (Fsp3) is 0.0952. The van der Waals surface area contributed by atoms with E-state index >= 15 is 0 Å². The van der Waals surface area contributed by atoms with Crippen molar-refractivity contribution in [2.75, 3.05) is 11.9 Å². The first-order valence-corrected chi connectivity index (χ1v) is 9.60. The quantitative estimate of drug-likeness (QED) is 0.482. The Morgan fingerprint density at radius 2 is 1.86 bits per heavy atom. The van der Waals surface area contributed by atoms with E-state index in [4.69, 9.17) is 4.74 Å². The minimum absolute atomic E-state index is 0.266. The predicted molar refractivity (Wildman–Crippen MR) is 110 cm³/mol. The average Bonchev–Trinajstić information content (AvgIpc) is 3.33. The number of H-pyrrole nitrogens is 1. The summed E-state index contributed by atoms with van der Waals surface area (Å²) in [7, 11) is 0. The van der Waals surface area contributed by atoms with Gasteiger partial charge in [0.05, 0.1) is 12.3 Å². The molecule has 0 saturated carbocycles. The number of thiazole rings is 1. The fourth-order valence-electron chi connectivity index (χ4n) is 2.86. The zero-order valence-electron chi connectivity index (χ0n) is 15.1. The first-order chi connectivity index (χ1) is 13.7. The number of para-hydroxylation sites is 1. The summed E-state index contributed by atoms with van der Waals surface area (Å²) < 4.78 is 5.15. The molecule has 2 N–H and O–H groups in total. The number of hydrogen-bond acceptors (Lipinski definition) is 5. The summed E-state index contributed by atoms with van der Waals surface area (Å²) in [5.41, 5.74) is 2.59. The number of esters is 1. The third-order valence-corrected chi connectivity index (χ3v) is 5.08. The van der Waals surface area contributed by atoms with Crippen molar-refractivity contribution >= 4 is 39.2 Å². The lowest BCUT2D eigenvalue weighted by atomic mass is 10.1. The molecule has 2 heterocycles. The predicted octanol–water partition coefficient (Wildman–Crippen LogP) is 4.72. The summed E-state index contributed by atoms with van der Waals surface area (Å²) >= 11 is 1.10. The lowest BCUT2D eigenvalue weighted by Gasteiger charge is -2.01. The number of nitrogens with one attached hydrogen (secondary N) is 2. The van der Waals surface area contributed by atoms with E-state index in [9.17, 15) is 9.59 Å². The number of carbonyl (C=O) groups excluding carboxylic acids is 2. The summed E-state index contributed by atoms with van der Waals surface area (Å²) in [6.07, 6.45) is 0. The number of nitrogens with zero attached hydrogens (tertiary/aromatic N) is 1. The first-order valence-electron chi connectivity index (χ1n) is 8.78. The van der Waals surface area contributed by atoms with Gasteiger partial charge in [-0.3, -0.25) is 10.1 Å². The lowest BCUT2D eigenvalue weighted by molar-refractivity contribution is 0.0532. The molecule has 140 valence electrons. The van der Waals surface area contributed by atoms with E-state index in [2.05, 4.69) is 15.3 Å². The van der Waals surface area contributed by atoms with Crippen molar-refractivity contribution in [2.24, 2.45) is 0 Å². The molecule has 0 atom stereocenters. The Bertz CT molecular complexity index is 1120. The molecule has 28 heavy (non-hydrogen) atoms. The van der Waals surface area contributed by atoms with Crippen LogP contribution in [0.3, 0.4) is 0 Å². The van der Waals surface area contributed by atoms with Crippen LogP contribution in [-0.2, 0) is 4.74 Å². The van der Waals surface area contributed by atoms with E-state index in [1.54, 1.807) is 13.0 Å². The van der Waals surface area contributed by atoms with E-state index in [0.29, 0.717) is 21.4 Å². The number of rotatable bonds is 5. The van der Waals surface area contributed by atoms with Crippen molar-refractivity contribution in [1.82, 2.24) is 9.97 Å². The monoisotopic (exact) mass is 391 g/mol. The maximum absolute atomic E-state index is 12.6. The van der Waals surface area contributed by atoms with Crippen molar-refractivity contribution in [3.63, 3.8) is 0 Å². The van der Waals surface area contributed by atoms with Gasteiger partial charge >= 0.3 is 5.97 Å². The van der Waals surface area contributed by atoms with Crippen LogP contribution in [-0.4, -0.2) is 28.5 Å². The largest absolute Gasteiger partial charge is 0.462 e. The number of aromatic amines is 1. The highest BCUT2D eigenvalue weighted by atomic mass is 32.1.